The number of benzene rings is 1. The van der Waals surface area contributed by atoms with Crippen LogP contribution in [0, 0.1) is 0 Å². The van der Waals surface area contributed by atoms with Crippen molar-refractivity contribution in [1.29, 1.82) is 0 Å². The van der Waals surface area contributed by atoms with Crippen LogP contribution in [-0.4, -0.2) is 39.3 Å². The molecular formula is C13H21N3O3S. The second kappa shape index (κ2) is 5.23. The van der Waals surface area contributed by atoms with Gasteiger partial charge in [0.2, 0.25) is 10.0 Å². The molecule has 1 aliphatic heterocycles. The lowest BCUT2D eigenvalue weighted by atomic mass is 9.93. The van der Waals surface area contributed by atoms with Crippen LogP contribution in [0.15, 0.2) is 23.1 Å². The van der Waals surface area contributed by atoms with Crippen molar-refractivity contribution in [3.8, 4) is 0 Å². The van der Waals surface area contributed by atoms with E-state index in [1.54, 1.807) is 19.1 Å². The summed E-state index contributed by atoms with van der Waals surface area (Å²) >= 11 is 0. The lowest BCUT2D eigenvalue weighted by Crippen LogP contribution is -2.43. The zero-order valence-corrected chi connectivity index (χ0v) is 12.6. The number of hydrogen-bond acceptors (Lipinski definition) is 5. The van der Waals surface area contributed by atoms with Gasteiger partial charge >= 0.3 is 0 Å². The van der Waals surface area contributed by atoms with Gasteiger partial charge in [0, 0.05) is 18.8 Å². The fraction of sp³-hybridized carbons (Fsp3) is 0.538. The zero-order valence-electron chi connectivity index (χ0n) is 11.8. The molecule has 7 heteroatoms. The van der Waals surface area contributed by atoms with Crippen molar-refractivity contribution in [2.45, 2.75) is 30.3 Å². The molecule has 1 saturated heterocycles. The van der Waals surface area contributed by atoms with Crippen molar-refractivity contribution in [2.24, 2.45) is 0 Å². The van der Waals surface area contributed by atoms with Crippen LogP contribution in [0.4, 0.5) is 11.4 Å². The Hall–Kier alpha value is -1.31. The van der Waals surface area contributed by atoms with Crippen molar-refractivity contribution < 1.29 is 13.5 Å². The summed E-state index contributed by atoms with van der Waals surface area (Å²) in [6, 6.07) is 4.88. The number of hydrogen-bond donors (Lipinski definition) is 3. The van der Waals surface area contributed by atoms with Crippen LogP contribution in [0.2, 0.25) is 0 Å². The fourth-order valence-electron chi connectivity index (χ4n) is 2.35. The first-order valence-electron chi connectivity index (χ1n) is 6.56. The van der Waals surface area contributed by atoms with Crippen LogP contribution in [0.25, 0.3) is 0 Å². The average Bonchev–Trinajstić information content (AvgIpc) is 2.39. The van der Waals surface area contributed by atoms with Gasteiger partial charge in [-0.3, -0.25) is 0 Å². The number of nitrogens with one attached hydrogen (secondary N) is 1. The van der Waals surface area contributed by atoms with Crippen LogP contribution in [0.5, 0.6) is 0 Å². The highest BCUT2D eigenvalue weighted by atomic mass is 32.2. The molecule has 0 aliphatic carbocycles. The van der Waals surface area contributed by atoms with Gasteiger partial charge in [-0.15, -0.1) is 0 Å². The van der Waals surface area contributed by atoms with Gasteiger partial charge < -0.3 is 15.7 Å². The molecule has 0 aromatic heterocycles. The average molecular weight is 299 g/mol. The van der Waals surface area contributed by atoms with E-state index in [4.69, 9.17) is 5.73 Å². The predicted molar refractivity (Wildman–Crippen MR) is 79.2 cm³/mol. The largest absolute Gasteiger partial charge is 0.399 e. The van der Waals surface area contributed by atoms with Crippen LogP contribution in [-0.2, 0) is 10.0 Å². The molecule has 4 N–H and O–H groups in total. The van der Waals surface area contributed by atoms with Gasteiger partial charge in [-0.2, -0.15) is 0 Å². The molecule has 6 nitrogen and oxygen atoms in total. The number of piperidine rings is 1. The highest BCUT2D eigenvalue weighted by molar-refractivity contribution is 7.89. The topological polar surface area (TPSA) is 95.7 Å². The normalized spacial score (nSPS) is 19.1. The summed E-state index contributed by atoms with van der Waals surface area (Å²) in [6.45, 7) is 3.03. The number of nitrogens with zero attached hydrogens (tertiary/aromatic N) is 1. The molecule has 0 saturated carbocycles. The second-order valence-corrected chi connectivity index (χ2v) is 7.27. The molecular weight excluding hydrogens is 278 g/mol. The lowest BCUT2D eigenvalue weighted by molar-refractivity contribution is 0.0350. The van der Waals surface area contributed by atoms with Crippen LogP contribution < -0.4 is 15.4 Å². The van der Waals surface area contributed by atoms with E-state index in [0.717, 1.165) is 0 Å². The van der Waals surface area contributed by atoms with E-state index >= 15 is 0 Å². The molecule has 0 radical (unpaired) electrons. The standard InChI is InChI=1S/C13H21N3O3S/c1-13(17)5-7-16(8-6-13)11-4-3-10(14)9-12(11)20(18,19)15-2/h3-4,9,15,17H,5-8,14H2,1-2H3. The number of sulfonamides is 1. The quantitative estimate of drug-likeness (QED) is 0.708. The van der Waals surface area contributed by atoms with Gasteiger partial charge in [-0.25, -0.2) is 13.1 Å². The lowest BCUT2D eigenvalue weighted by Gasteiger charge is -2.37. The molecule has 0 bridgehead atoms. The first-order valence-corrected chi connectivity index (χ1v) is 8.04. The van der Waals surface area contributed by atoms with Crippen molar-refractivity contribution in [3.63, 3.8) is 0 Å². The van der Waals surface area contributed by atoms with Crippen LogP contribution in [0.1, 0.15) is 19.8 Å². The van der Waals surface area contributed by atoms with E-state index in [2.05, 4.69) is 4.72 Å². The van der Waals surface area contributed by atoms with E-state index < -0.39 is 15.6 Å². The summed E-state index contributed by atoms with van der Waals surface area (Å²) in [6.07, 6.45) is 1.22. The maximum absolute atomic E-state index is 12.1. The summed E-state index contributed by atoms with van der Waals surface area (Å²) in [5.41, 5.74) is 6.06. The molecule has 0 spiro atoms. The van der Waals surface area contributed by atoms with E-state index in [0.29, 0.717) is 37.3 Å². The van der Waals surface area contributed by atoms with Gasteiger partial charge in [0.05, 0.1) is 11.3 Å². The molecule has 2 rings (SSSR count). The summed E-state index contributed by atoms with van der Waals surface area (Å²) in [5, 5.41) is 9.98. The molecule has 1 aromatic rings. The number of aliphatic hydroxyl groups is 1. The fourth-order valence-corrected chi connectivity index (χ4v) is 3.33. The monoisotopic (exact) mass is 299 g/mol. The maximum atomic E-state index is 12.1. The van der Waals surface area contributed by atoms with Gasteiger partial charge in [-0.05, 0) is 45.0 Å². The van der Waals surface area contributed by atoms with E-state index in [1.165, 1.54) is 13.1 Å². The zero-order chi connectivity index (χ0) is 15.0. The number of nitrogen functional groups attached to an aromatic ring is 1. The van der Waals surface area contributed by atoms with E-state index in [9.17, 15) is 13.5 Å². The Balaban J connectivity index is 2.38. The molecule has 0 unspecified atom stereocenters. The Kier molecular flexibility index (Phi) is 3.95. The molecule has 0 amide bonds. The van der Waals surface area contributed by atoms with Gasteiger partial charge in [0.1, 0.15) is 4.90 Å². The van der Waals surface area contributed by atoms with Crippen molar-refractivity contribution in [3.05, 3.63) is 18.2 Å². The summed E-state index contributed by atoms with van der Waals surface area (Å²) in [7, 11) is -2.19. The Morgan fingerprint density at radius 1 is 1.35 bits per heavy atom. The van der Waals surface area contributed by atoms with Crippen molar-refractivity contribution >= 4 is 21.4 Å². The van der Waals surface area contributed by atoms with Crippen LogP contribution >= 0.6 is 0 Å². The highest BCUT2D eigenvalue weighted by Gasteiger charge is 2.30. The Bertz CT molecular complexity index is 589. The minimum Gasteiger partial charge on any atom is -0.399 e. The smallest absolute Gasteiger partial charge is 0.242 e. The number of rotatable bonds is 3. The summed E-state index contributed by atoms with van der Waals surface area (Å²) in [4.78, 5) is 2.16. The minimum atomic E-state index is -3.56. The molecule has 1 fully saturated rings. The molecule has 1 heterocycles. The van der Waals surface area contributed by atoms with E-state index in [-0.39, 0.29) is 4.90 Å². The Morgan fingerprint density at radius 2 is 1.95 bits per heavy atom. The van der Waals surface area contributed by atoms with E-state index in [1.807, 2.05) is 4.90 Å². The first kappa shape index (κ1) is 15.1. The summed E-state index contributed by atoms with van der Waals surface area (Å²) in [5.74, 6) is 0. The SMILES string of the molecule is CNS(=O)(=O)c1cc(N)ccc1N1CCC(C)(O)CC1. The third kappa shape index (κ3) is 3.05. The van der Waals surface area contributed by atoms with Crippen molar-refractivity contribution in [2.75, 3.05) is 30.8 Å². The minimum absolute atomic E-state index is 0.182. The highest BCUT2D eigenvalue weighted by Crippen LogP contribution is 2.31. The molecule has 1 aromatic carbocycles. The van der Waals surface area contributed by atoms with Crippen LogP contribution in [0.3, 0.4) is 0 Å². The molecule has 0 atom stereocenters. The predicted octanol–water partition coefficient (Wildman–Crippen LogP) is 0.528. The van der Waals surface area contributed by atoms with Gasteiger partial charge in [0.15, 0.2) is 0 Å². The summed E-state index contributed by atoms with van der Waals surface area (Å²) < 4.78 is 26.5. The second-order valence-electron chi connectivity index (χ2n) is 5.42. The molecule has 20 heavy (non-hydrogen) atoms. The third-order valence-electron chi connectivity index (χ3n) is 3.72. The molecule has 112 valence electrons. The maximum Gasteiger partial charge on any atom is 0.242 e. The first-order chi connectivity index (χ1) is 9.25. The van der Waals surface area contributed by atoms with Gasteiger partial charge in [0.25, 0.3) is 0 Å². The molecule has 1 aliphatic rings. The van der Waals surface area contributed by atoms with Gasteiger partial charge in [-0.1, -0.05) is 0 Å². The third-order valence-corrected chi connectivity index (χ3v) is 5.17. The number of nitrogens with two attached hydrogens (primary N) is 1. The van der Waals surface area contributed by atoms with Crippen molar-refractivity contribution in [1.82, 2.24) is 4.72 Å². The number of anilines is 2. The Morgan fingerprint density at radius 3 is 2.50 bits per heavy atom. The Labute approximate surface area is 119 Å².